The Bertz CT molecular complexity index is 594. The van der Waals surface area contributed by atoms with Crippen LogP contribution in [0.3, 0.4) is 0 Å². The molecule has 1 aromatic rings. The van der Waals surface area contributed by atoms with Crippen molar-refractivity contribution in [3.63, 3.8) is 0 Å². The number of hydrogen-bond acceptors (Lipinski definition) is 4. The largest absolute Gasteiger partial charge is 0.481 e. The molecule has 0 saturated carbocycles. The lowest BCUT2D eigenvalue weighted by Crippen LogP contribution is -2.36. The Morgan fingerprint density at radius 3 is 2.33 bits per heavy atom. The van der Waals surface area contributed by atoms with Crippen LogP contribution in [0.4, 0.5) is 0 Å². The molecule has 3 N–H and O–H groups in total. The van der Waals surface area contributed by atoms with Gasteiger partial charge in [0.05, 0.1) is 11.4 Å². The zero-order valence-corrected chi connectivity index (χ0v) is 13.8. The first-order valence-electron chi connectivity index (χ1n) is 6.68. The van der Waals surface area contributed by atoms with Gasteiger partial charge in [-0.3, -0.25) is 9.89 Å². The second-order valence-corrected chi connectivity index (χ2v) is 7.98. The minimum Gasteiger partial charge on any atom is -0.481 e. The van der Waals surface area contributed by atoms with Gasteiger partial charge in [-0.15, -0.1) is 0 Å². The molecular weight excluding hydrogens is 294 g/mol. The molecule has 1 heterocycles. The molecule has 1 atom stereocenters. The predicted octanol–water partition coefficient (Wildman–Crippen LogP) is 1.44. The van der Waals surface area contributed by atoms with Crippen LogP contribution < -0.4 is 4.72 Å². The highest BCUT2D eigenvalue weighted by molar-refractivity contribution is 7.89. The molecule has 120 valence electrons. The van der Waals surface area contributed by atoms with Crippen molar-refractivity contribution in [3.8, 4) is 0 Å². The Kier molecular flexibility index (Phi) is 5.16. The van der Waals surface area contributed by atoms with Gasteiger partial charge in [-0.2, -0.15) is 5.10 Å². The van der Waals surface area contributed by atoms with E-state index in [1.807, 2.05) is 20.8 Å². The molecule has 0 aliphatic rings. The number of carboxylic acid groups (broad SMARTS) is 1. The number of aromatic nitrogens is 2. The van der Waals surface area contributed by atoms with Gasteiger partial charge in [-0.25, -0.2) is 13.1 Å². The maximum absolute atomic E-state index is 12.3. The fraction of sp³-hybridized carbons (Fsp3) is 0.692. The summed E-state index contributed by atoms with van der Waals surface area (Å²) in [7, 11) is -3.71. The van der Waals surface area contributed by atoms with Gasteiger partial charge in [-0.1, -0.05) is 20.8 Å². The number of hydrogen-bond donors (Lipinski definition) is 3. The highest BCUT2D eigenvalue weighted by Crippen LogP contribution is 2.28. The normalized spacial score (nSPS) is 14.1. The van der Waals surface area contributed by atoms with E-state index in [-0.39, 0.29) is 29.2 Å². The van der Waals surface area contributed by atoms with E-state index in [9.17, 15) is 13.2 Å². The molecule has 1 aromatic heterocycles. The van der Waals surface area contributed by atoms with Crippen molar-refractivity contribution < 1.29 is 18.3 Å². The van der Waals surface area contributed by atoms with Crippen LogP contribution >= 0.6 is 0 Å². The molecule has 0 aliphatic heterocycles. The molecular formula is C13H23N3O4S. The molecule has 21 heavy (non-hydrogen) atoms. The average molecular weight is 317 g/mol. The molecule has 1 rings (SSSR count). The summed E-state index contributed by atoms with van der Waals surface area (Å²) in [6, 6.07) is 0. The molecule has 0 aliphatic carbocycles. The summed E-state index contributed by atoms with van der Waals surface area (Å²) in [6.07, 6.45) is -0.0879. The third kappa shape index (κ3) is 4.53. The number of carboxylic acids is 1. The van der Waals surface area contributed by atoms with Gasteiger partial charge in [0, 0.05) is 13.0 Å². The number of sulfonamides is 1. The van der Waals surface area contributed by atoms with Gasteiger partial charge in [0.1, 0.15) is 4.90 Å². The lowest BCUT2D eigenvalue weighted by atomic mass is 9.79. The fourth-order valence-electron chi connectivity index (χ4n) is 2.11. The Morgan fingerprint density at radius 1 is 1.38 bits per heavy atom. The summed E-state index contributed by atoms with van der Waals surface area (Å²) in [5, 5.41) is 15.5. The summed E-state index contributed by atoms with van der Waals surface area (Å²) in [4.78, 5) is 11.1. The van der Waals surface area contributed by atoms with Crippen molar-refractivity contribution >= 4 is 16.0 Å². The number of carbonyl (C=O) groups is 1. The summed E-state index contributed by atoms with van der Waals surface area (Å²) >= 11 is 0. The third-order valence-electron chi connectivity index (χ3n) is 3.49. The Hall–Kier alpha value is -1.41. The van der Waals surface area contributed by atoms with Crippen molar-refractivity contribution in [2.24, 2.45) is 11.3 Å². The number of H-pyrrole nitrogens is 1. The van der Waals surface area contributed by atoms with Gasteiger partial charge in [0.15, 0.2) is 0 Å². The van der Waals surface area contributed by atoms with Crippen LogP contribution in [0.5, 0.6) is 0 Å². The highest BCUT2D eigenvalue weighted by atomic mass is 32.2. The Morgan fingerprint density at radius 2 is 1.95 bits per heavy atom. The SMILES string of the molecule is Cc1n[nH]c(C)c1S(=O)(=O)NCC(CC(=O)O)C(C)(C)C. The zero-order chi connectivity index (χ0) is 16.4. The summed E-state index contributed by atoms with van der Waals surface area (Å²) in [5.41, 5.74) is 0.539. The summed E-state index contributed by atoms with van der Waals surface area (Å²) in [6.45, 7) is 8.99. The van der Waals surface area contributed by atoms with Crippen LogP contribution in [0.1, 0.15) is 38.6 Å². The molecule has 7 nitrogen and oxygen atoms in total. The van der Waals surface area contributed by atoms with Crippen LogP contribution in [0.15, 0.2) is 4.90 Å². The quantitative estimate of drug-likeness (QED) is 0.735. The Labute approximate surface area is 125 Å². The molecule has 8 heteroatoms. The standard InChI is InChI=1S/C13H23N3O4S/c1-8-12(9(2)16-15-8)21(19,20)14-7-10(6-11(17)18)13(3,4)5/h10,14H,6-7H2,1-5H3,(H,15,16)(H,17,18). The molecule has 0 bridgehead atoms. The number of aliphatic carboxylic acids is 1. The lowest BCUT2D eigenvalue weighted by Gasteiger charge is -2.29. The van der Waals surface area contributed by atoms with Crippen LogP contribution in [0.25, 0.3) is 0 Å². The molecule has 0 spiro atoms. The molecule has 0 aromatic carbocycles. The van der Waals surface area contributed by atoms with Crippen LogP contribution in [0, 0.1) is 25.2 Å². The van der Waals surface area contributed by atoms with Crippen LogP contribution in [-0.2, 0) is 14.8 Å². The first-order chi connectivity index (χ1) is 9.45. The molecule has 1 unspecified atom stereocenters. The van der Waals surface area contributed by atoms with E-state index >= 15 is 0 Å². The number of nitrogens with one attached hydrogen (secondary N) is 2. The first-order valence-corrected chi connectivity index (χ1v) is 8.16. The Balaban J connectivity index is 2.92. The highest BCUT2D eigenvalue weighted by Gasteiger charge is 2.30. The maximum atomic E-state index is 12.3. The van der Waals surface area contributed by atoms with Crippen molar-refractivity contribution in [3.05, 3.63) is 11.4 Å². The van der Waals surface area contributed by atoms with Gasteiger partial charge in [-0.05, 0) is 25.2 Å². The summed E-state index contributed by atoms with van der Waals surface area (Å²) < 4.78 is 27.2. The topological polar surface area (TPSA) is 112 Å². The smallest absolute Gasteiger partial charge is 0.303 e. The first kappa shape index (κ1) is 17.6. The van der Waals surface area contributed by atoms with Crippen molar-refractivity contribution in [2.75, 3.05) is 6.54 Å². The maximum Gasteiger partial charge on any atom is 0.303 e. The van der Waals surface area contributed by atoms with Gasteiger partial charge in [0.2, 0.25) is 10.0 Å². The van der Waals surface area contributed by atoms with E-state index in [4.69, 9.17) is 5.11 Å². The third-order valence-corrected chi connectivity index (χ3v) is 5.18. The molecule has 0 amide bonds. The number of aromatic amines is 1. The van der Waals surface area contributed by atoms with E-state index in [0.717, 1.165) is 0 Å². The van der Waals surface area contributed by atoms with Crippen molar-refractivity contribution in [1.29, 1.82) is 0 Å². The van der Waals surface area contributed by atoms with E-state index < -0.39 is 16.0 Å². The molecule has 0 radical (unpaired) electrons. The van der Waals surface area contributed by atoms with Gasteiger partial charge in [0.25, 0.3) is 0 Å². The van der Waals surface area contributed by atoms with E-state index in [2.05, 4.69) is 14.9 Å². The van der Waals surface area contributed by atoms with E-state index in [1.54, 1.807) is 13.8 Å². The fourth-order valence-corrected chi connectivity index (χ4v) is 3.56. The molecule has 0 fully saturated rings. The zero-order valence-electron chi connectivity index (χ0n) is 13.0. The monoisotopic (exact) mass is 317 g/mol. The lowest BCUT2D eigenvalue weighted by molar-refractivity contribution is -0.139. The predicted molar refractivity (Wildman–Crippen MR) is 78.4 cm³/mol. The minimum absolute atomic E-state index is 0.0716. The number of nitrogens with zero attached hydrogens (tertiary/aromatic N) is 1. The number of rotatable bonds is 6. The van der Waals surface area contributed by atoms with Crippen LogP contribution in [0.2, 0.25) is 0 Å². The van der Waals surface area contributed by atoms with Gasteiger partial charge < -0.3 is 5.11 Å². The second-order valence-electron chi connectivity index (χ2n) is 6.28. The van der Waals surface area contributed by atoms with Crippen LogP contribution in [-0.4, -0.2) is 36.2 Å². The van der Waals surface area contributed by atoms with Crippen molar-refractivity contribution in [1.82, 2.24) is 14.9 Å². The van der Waals surface area contributed by atoms with E-state index in [1.165, 1.54) is 0 Å². The van der Waals surface area contributed by atoms with Crippen molar-refractivity contribution in [2.45, 2.75) is 45.9 Å². The summed E-state index contributed by atoms with van der Waals surface area (Å²) in [5.74, 6) is -1.25. The average Bonchev–Trinajstić information content (AvgIpc) is 2.63. The number of aryl methyl sites for hydroxylation is 2. The van der Waals surface area contributed by atoms with Gasteiger partial charge >= 0.3 is 5.97 Å². The molecule has 0 saturated heterocycles. The minimum atomic E-state index is -3.71. The van der Waals surface area contributed by atoms with E-state index in [0.29, 0.717) is 11.4 Å². The second kappa shape index (κ2) is 6.15.